The second-order valence-electron chi connectivity index (χ2n) is 12.2. The molecule has 8 aromatic heterocycles. The van der Waals surface area contributed by atoms with E-state index in [4.69, 9.17) is 15.1 Å². The van der Waals surface area contributed by atoms with Gasteiger partial charge in [-0.25, -0.2) is 9.97 Å². The van der Waals surface area contributed by atoms with Crippen LogP contribution >= 0.6 is 0 Å². The summed E-state index contributed by atoms with van der Waals surface area (Å²) in [6.07, 6.45) is 13.8. The van der Waals surface area contributed by atoms with Crippen LogP contribution < -0.4 is 0 Å². The molecule has 64 heavy (non-hydrogen) atoms. The van der Waals surface area contributed by atoms with Gasteiger partial charge >= 0.3 is 48.6 Å². The summed E-state index contributed by atoms with van der Waals surface area (Å²) in [5.41, 5.74) is 11.3. The molecule has 1 N–H and O–H groups in total. The molecule has 8 rings (SSSR count). The molecular weight excluding hydrogens is 949 g/mol. The number of aliphatic hydroxyl groups is 1. The monoisotopic (exact) mass is 982 g/mol. The van der Waals surface area contributed by atoms with Gasteiger partial charge in [-0.15, -0.1) is 0 Å². The Balaban J connectivity index is 0.000000344. The van der Waals surface area contributed by atoms with Gasteiger partial charge in [-0.2, -0.15) is 0 Å². The summed E-state index contributed by atoms with van der Waals surface area (Å²) < 4.78 is 78.0. The Bertz CT molecular complexity index is 2400. The summed E-state index contributed by atoms with van der Waals surface area (Å²) in [5.74, 6) is 0. The number of halogens is 8. The molecule has 0 spiro atoms. The van der Waals surface area contributed by atoms with Crippen LogP contribution in [-0.4, -0.2) is 76.6 Å². The zero-order chi connectivity index (χ0) is 45.1. The van der Waals surface area contributed by atoms with E-state index in [1.54, 1.807) is 37.2 Å². The molecule has 0 aliphatic carbocycles. The van der Waals surface area contributed by atoms with Gasteiger partial charge in [0.25, 0.3) is 0 Å². The molecule has 0 aliphatic heterocycles. The molecule has 23 heteroatoms. The fourth-order valence-corrected chi connectivity index (χ4v) is 5.09. The third-order valence-electron chi connectivity index (χ3n) is 7.54. The molecule has 0 aliphatic rings. The number of nitrogens with zero attached hydrogens (tertiary/aromatic N) is 10. The summed E-state index contributed by atoms with van der Waals surface area (Å²) in [5, 5.41) is 7.00. The molecule has 8 aromatic rings. The summed E-state index contributed by atoms with van der Waals surface area (Å²) in [6.45, 7) is 4.01. The van der Waals surface area contributed by atoms with Gasteiger partial charge < -0.3 is 39.6 Å². The summed E-state index contributed by atoms with van der Waals surface area (Å²) in [7, 11) is -11.0. The van der Waals surface area contributed by atoms with E-state index in [0.29, 0.717) is 22.8 Å². The van der Waals surface area contributed by atoms with Crippen LogP contribution in [0.5, 0.6) is 0 Å². The van der Waals surface area contributed by atoms with Gasteiger partial charge in [-0.05, 0) is 85.6 Å². The largest absolute Gasteiger partial charge is 1.00 e. The molecule has 0 aromatic carbocycles. The Morgan fingerprint density at radius 3 is 0.906 bits per heavy atom. The molecule has 0 amide bonds. The van der Waals surface area contributed by atoms with Gasteiger partial charge in [-0.3, -0.25) is 39.9 Å². The van der Waals surface area contributed by atoms with Gasteiger partial charge in [0.1, 0.15) is 22.8 Å². The summed E-state index contributed by atoms with van der Waals surface area (Å²) in [4.78, 5) is 45.1. The maximum atomic E-state index is 9.75. The zero-order valence-electron chi connectivity index (χ0n) is 33.6. The van der Waals surface area contributed by atoms with Crippen LogP contribution in [0.25, 0.3) is 68.3 Å². The van der Waals surface area contributed by atoms with Crippen LogP contribution in [-0.2, 0) is 34.1 Å². The average Bonchev–Trinajstić information content (AvgIpc) is 3.27. The molecule has 0 saturated carbocycles. The molecule has 0 bridgehead atoms. The Morgan fingerprint density at radius 1 is 0.328 bits per heavy atom. The maximum absolute atomic E-state index is 9.75. The predicted octanol–water partition coefficient (Wildman–Crippen LogP) is 10.1. The van der Waals surface area contributed by atoms with E-state index in [1.807, 2.05) is 123 Å². The number of hydrogen-bond donors (Lipinski definition) is 1. The number of aryl methyl sites for hydroxylation is 2. The Labute approximate surface area is 383 Å². The minimum Gasteiger partial charge on any atom is -0.418 e. The first kappa shape index (κ1) is 53.8. The van der Waals surface area contributed by atoms with E-state index in [-0.39, 0.29) is 34.1 Å². The first-order valence-corrected chi connectivity index (χ1v) is 18.1. The van der Waals surface area contributed by atoms with Gasteiger partial charge in [-0.1, -0.05) is 36.4 Å². The van der Waals surface area contributed by atoms with Crippen molar-refractivity contribution in [3.05, 3.63) is 158 Å². The molecular formula is C41H34B2Cu2F8N10O. The summed E-state index contributed by atoms with van der Waals surface area (Å²) >= 11 is 0. The Kier molecular flexibility index (Phi) is 22.1. The molecule has 8 heterocycles. The smallest absolute Gasteiger partial charge is 0.418 e. The van der Waals surface area contributed by atoms with Crippen molar-refractivity contribution in [2.24, 2.45) is 0 Å². The van der Waals surface area contributed by atoms with E-state index in [0.717, 1.165) is 63.8 Å². The molecule has 11 nitrogen and oxygen atoms in total. The second-order valence-corrected chi connectivity index (χ2v) is 12.2. The van der Waals surface area contributed by atoms with Crippen molar-refractivity contribution in [2.75, 3.05) is 7.11 Å². The third kappa shape index (κ3) is 18.2. The van der Waals surface area contributed by atoms with Crippen molar-refractivity contribution in [2.45, 2.75) is 13.8 Å². The van der Waals surface area contributed by atoms with E-state index >= 15 is 0 Å². The quantitative estimate of drug-likeness (QED) is 0.125. The van der Waals surface area contributed by atoms with Crippen LogP contribution in [0, 0.1) is 13.8 Å². The fourth-order valence-electron chi connectivity index (χ4n) is 5.09. The van der Waals surface area contributed by atoms with E-state index in [1.165, 1.54) is 0 Å². The van der Waals surface area contributed by atoms with E-state index < -0.39 is 14.5 Å². The van der Waals surface area contributed by atoms with Crippen LogP contribution in [0.1, 0.15) is 11.1 Å². The van der Waals surface area contributed by atoms with Crippen molar-refractivity contribution < 1.29 is 73.8 Å². The summed E-state index contributed by atoms with van der Waals surface area (Å²) in [6, 6.07) is 31.1. The predicted molar refractivity (Wildman–Crippen MR) is 221 cm³/mol. The molecule has 0 atom stereocenters. The molecule has 0 radical (unpaired) electrons. The van der Waals surface area contributed by atoms with Crippen molar-refractivity contribution in [1.29, 1.82) is 0 Å². The molecule has 0 saturated heterocycles. The van der Waals surface area contributed by atoms with Crippen LogP contribution in [0.4, 0.5) is 34.5 Å². The number of aliphatic hydroxyl groups excluding tert-OH is 1. The first-order valence-electron chi connectivity index (χ1n) is 18.1. The number of rotatable bonds is 6. The van der Waals surface area contributed by atoms with E-state index in [9.17, 15) is 34.5 Å². The number of pyridine rings is 6. The third-order valence-corrected chi connectivity index (χ3v) is 7.54. The van der Waals surface area contributed by atoms with Crippen molar-refractivity contribution >= 4 is 14.5 Å². The minimum absolute atomic E-state index is 0. The zero-order valence-corrected chi connectivity index (χ0v) is 35.4. The Hall–Kier alpha value is -6.37. The van der Waals surface area contributed by atoms with Gasteiger partial charge in [0.15, 0.2) is 0 Å². The number of hydrogen-bond acceptors (Lipinski definition) is 11. The standard InChI is InChI=1S/2C20H15N5.CH4O.2BF4.2Cu/c2*1-14-8-9-17(24-13-14)19-20(23-12-11-22-19)18-7-4-6-16(25-18)15-5-2-3-10-21-15;1-2;2*2-1(3,4)5;;/h2*2-13H,1H3;2H,1H3;;;;/q;;;2*-1;2*+1. The average molecular weight is 983 g/mol. The molecule has 0 fully saturated rings. The second kappa shape index (κ2) is 26.3. The minimum atomic E-state index is -6.00. The normalized spacial score (nSPS) is 10.2. The number of aromatic nitrogens is 10. The van der Waals surface area contributed by atoms with E-state index in [2.05, 4.69) is 39.9 Å². The van der Waals surface area contributed by atoms with Crippen LogP contribution in [0.15, 0.2) is 147 Å². The van der Waals surface area contributed by atoms with Crippen molar-refractivity contribution in [3.8, 4) is 68.3 Å². The fraction of sp³-hybridized carbons (Fsp3) is 0.0732. The van der Waals surface area contributed by atoms with Crippen LogP contribution in [0.2, 0.25) is 0 Å². The van der Waals surface area contributed by atoms with Gasteiger partial charge in [0, 0.05) is 56.7 Å². The van der Waals surface area contributed by atoms with Gasteiger partial charge in [0.2, 0.25) is 0 Å². The maximum Gasteiger partial charge on any atom is 1.00 e. The van der Waals surface area contributed by atoms with Crippen molar-refractivity contribution in [3.63, 3.8) is 0 Å². The Morgan fingerprint density at radius 2 is 0.625 bits per heavy atom. The first-order chi connectivity index (χ1) is 29.6. The SMILES string of the molecule is CO.Cc1ccc(-c2nccnc2-c2cccc(-c3ccccn3)n2)nc1.Cc1ccc(-c2nccnc2-c2cccc(-c3ccccn3)n2)nc1.F[B-](F)(F)F.F[B-](F)(F)F.[Cu+].[Cu+]. The van der Waals surface area contributed by atoms with Crippen molar-refractivity contribution in [1.82, 2.24) is 49.8 Å². The topological polar surface area (TPSA) is 149 Å². The molecule has 338 valence electrons. The van der Waals surface area contributed by atoms with Gasteiger partial charge in [0.05, 0.1) is 45.6 Å². The van der Waals surface area contributed by atoms with Crippen LogP contribution in [0.3, 0.4) is 0 Å². The molecule has 0 unspecified atom stereocenters.